The van der Waals surface area contributed by atoms with E-state index in [9.17, 15) is 45.5 Å². The number of ether oxygens (including phenoxy) is 2. The Bertz CT molecular complexity index is 2150. The maximum atomic E-state index is 14.4. The molecule has 0 aliphatic heterocycles. The maximum absolute atomic E-state index is 14.4. The Morgan fingerprint density at radius 2 is 0.957 bits per heavy atom. The Morgan fingerprint density at radius 1 is 0.571 bits per heavy atom. The molecule has 0 bridgehead atoms. The Balaban J connectivity index is 2.19. The first-order valence-corrected chi connectivity index (χ1v) is 23.7. The highest BCUT2D eigenvalue weighted by Gasteiger charge is 2.35. The van der Waals surface area contributed by atoms with Crippen molar-refractivity contribution in [2.75, 3.05) is 85.3 Å². The molecule has 0 aliphatic rings. The monoisotopic (exact) mass is 1030 g/mol. The summed E-state index contributed by atoms with van der Waals surface area (Å²) in [5.74, 6) is -3.90. The Labute approximate surface area is 408 Å². The molecule has 19 nitrogen and oxygen atoms in total. The molecule has 0 atom stereocenters. The standard InChI is InChI=1S/C43H59F6N13O6S2/c1-24(54)57-12-4-2-6-35(63)59-29-18-25(42(44,45)46)20-31(37(29)69-16-10-52)61-39(65)27-22-28(34(68-15-9-51)23-33(27)67-14-8-50)40(66)62-32-21-26(43(47,48)49)19-30(38(32)70-17-11-53)60-36(64)7-3-5-13-58-41(55)56/h18-23H,2-17,50-53H2,1H3,(H2,54,57)(H,59,63)(H,60,64)(H,61,65)(H,62,66)(H4,55,56,58). The van der Waals surface area contributed by atoms with Crippen LogP contribution in [0.25, 0.3) is 0 Å². The quantitative estimate of drug-likeness (QED) is 0.0144. The number of anilines is 4. The number of amides is 4. The van der Waals surface area contributed by atoms with Crippen molar-refractivity contribution in [1.82, 2.24) is 10.6 Å². The summed E-state index contributed by atoms with van der Waals surface area (Å²) < 4.78 is 98.2. The third kappa shape index (κ3) is 19.1. The first-order valence-electron chi connectivity index (χ1n) is 21.7. The van der Waals surface area contributed by atoms with Gasteiger partial charge < -0.3 is 70.0 Å². The smallest absolute Gasteiger partial charge is 0.416 e. The molecule has 0 fully saturated rings. The van der Waals surface area contributed by atoms with Gasteiger partial charge in [0, 0.05) is 69.7 Å². The highest BCUT2D eigenvalue weighted by molar-refractivity contribution is 7.99. The molecule has 0 aromatic heterocycles. The average Bonchev–Trinajstić information content (AvgIpc) is 3.28. The molecule has 0 spiro atoms. The highest BCUT2D eigenvalue weighted by Crippen LogP contribution is 2.44. The number of rotatable bonds is 28. The van der Waals surface area contributed by atoms with Gasteiger partial charge in [0.15, 0.2) is 5.96 Å². The normalized spacial score (nSPS) is 11.4. The number of benzene rings is 3. The summed E-state index contributed by atoms with van der Waals surface area (Å²) in [7, 11) is 0. The van der Waals surface area contributed by atoms with Gasteiger partial charge in [-0.2, -0.15) is 26.3 Å². The number of carbonyl (C=O) groups is 4. The Hall–Kier alpha value is -6.00. The van der Waals surface area contributed by atoms with E-state index in [1.165, 1.54) is 0 Å². The topological polar surface area (TPSA) is 337 Å². The molecule has 4 amide bonds. The molecule has 3 aromatic rings. The predicted octanol–water partition coefficient (Wildman–Crippen LogP) is 5.29. The summed E-state index contributed by atoms with van der Waals surface area (Å²) in [6, 6.07) is 4.80. The number of unbranched alkanes of at least 4 members (excludes halogenated alkanes) is 2. The van der Waals surface area contributed by atoms with E-state index in [0.717, 1.165) is 41.7 Å². The fourth-order valence-corrected chi connectivity index (χ4v) is 7.91. The van der Waals surface area contributed by atoms with E-state index >= 15 is 0 Å². The van der Waals surface area contributed by atoms with Gasteiger partial charge >= 0.3 is 12.4 Å². The van der Waals surface area contributed by atoms with Crippen molar-refractivity contribution in [2.45, 2.75) is 67.6 Å². The first-order chi connectivity index (χ1) is 33.1. The third-order valence-corrected chi connectivity index (χ3v) is 11.6. The summed E-state index contributed by atoms with van der Waals surface area (Å²) in [5, 5.41) is 30.0. The van der Waals surface area contributed by atoms with Crippen LogP contribution in [-0.4, -0.2) is 99.4 Å². The SMILES string of the molecule is CC(=N)NCCCCC(=O)Nc1cc(C(F)(F)F)cc(NC(=O)c2cc(C(=O)Nc3cc(C(F)(F)F)cc(NC(=O)CCCCNC(=N)N)c3SCCN)c(OCCN)cc2OCCN)c1SCCN. The zero-order chi connectivity index (χ0) is 52.0. The van der Waals surface area contributed by atoms with Crippen LogP contribution in [0.2, 0.25) is 0 Å². The van der Waals surface area contributed by atoms with Gasteiger partial charge in [-0.25, -0.2) is 0 Å². The molecule has 0 heterocycles. The molecular formula is C43H59F6N13O6S2. The third-order valence-electron chi connectivity index (χ3n) is 9.29. The summed E-state index contributed by atoms with van der Waals surface area (Å²) >= 11 is 1.87. The predicted molar refractivity (Wildman–Crippen MR) is 260 cm³/mol. The van der Waals surface area contributed by atoms with Gasteiger partial charge in [-0.15, -0.1) is 23.5 Å². The number of thioether (sulfide) groups is 2. The second-order valence-corrected chi connectivity index (χ2v) is 17.2. The minimum Gasteiger partial charge on any atom is -0.491 e. The largest absolute Gasteiger partial charge is 0.491 e. The number of amidine groups is 1. The van der Waals surface area contributed by atoms with Crippen molar-refractivity contribution in [2.24, 2.45) is 28.7 Å². The minimum atomic E-state index is -4.98. The average molecular weight is 1030 g/mol. The number of halogens is 6. The first kappa shape index (κ1) is 58.3. The number of hydrogen-bond donors (Lipinski definition) is 13. The van der Waals surface area contributed by atoms with Crippen molar-refractivity contribution < 1.29 is 55.0 Å². The van der Waals surface area contributed by atoms with Gasteiger partial charge in [0.05, 0.1) is 60.6 Å². The van der Waals surface area contributed by atoms with Crippen LogP contribution in [0.1, 0.15) is 77.3 Å². The molecule has 70 heavy (non-hydrogen) atoms. The van der Waals surface area contributed by atoms with Gasteiger partial charge in [0.1, 0.15) is 24.7 Å². The fraction of sp³-hybridized carbons (Fsp3) is 0.442. The summed E-state index contributed by atoms with van der Waals surface area (Å²) in [5.41, 5.74) is 23.3. The lowest BCUT2D eigenvalue weighted by Gasteiger charge is -2.21. The molecule has 18 N–H and O–H groups in total. The Morgan fingerprint density at radius 3 is 1.30 bits per heavy atom. The molecule has 0 radical (unpaired) electrons. The van der Waals surface area contributed by atoms with Gasteiger partial charge in [-0.3, -0.25) is 30.0 Å². The highest BCUT2D eigenvalue weighted by atomic mass is 32.2. The summed E-state index contributed by atoms with van der Waals surface area (Å²) in [6.07, 6.45) is -8.69. The van der Waals surface area contributed by atoms with Crippen LogP contribution in [0.15, 0.2) is 46.2 Å². The van der Waals surface area contributed by atoms with E-state index < -0.39 is 69.6 Å². The lowest BCUT2D eigenvalue weighted by Crippen LogP contribution is -2.31. The molecule has 27 heteroatoms. The van der Waals surface area contributed by atoms with Gasteiger partial charge in [0.2, 0.25) is 11.8 Å². The molecule has 0 saturated carbocycles. The van der Waals surface area contributed by atoms with Crippen LogP contribution in [0, 0.1) is 10.8 Å². The van der Waals surface area contributed by atoms with E-state index in [1.54, 1.807) is 6.92 Å². The Kier molecular flexibility index (Phi) is 23.8. The summed E-state index contributed by atoms with van der Waals surface area (Å²) in [4.78, 5) is 54.9. The number of nitrogens with two attached hydrogens (primary N) is 5. The van der Waals surface area contributed by atoms with E-state index in [-0.39, 0.29) is 121 Å². The fourth-order valence-electron chi connectivity index (χ4n) is 6.21. The van der Waals surface area contributed by atoms with Gasteiger partial charge in [-0.05, 0) is 62.9 Å². The lowest BCUT2D eigenvalue weighted by molar-refractivity contribution is -0.138. The number of alkyl halides is 6. The van der Waals surface area contributed by atoms with Gasteiger partial charge in [0.25, 0.3) is 11.8 Å². The van der Waals surface area contributed by atoms with Crippen molar-refractivity contribution in [3.05, 3.63) is 58.7 Å². The minimum absolute atomic E-state index is 0.00599. The van der Waals surface area contributed by atoms with Crippen LogP contribution >= 0.6 is 23.5 Å². The second-order valence-electron chi connectivity index (χ2n) is 15.0. The maximum Gasteiger partial charge on any atom is 0.416 e. The lowest BCUT2D eigenvalue weighted by atomic mass is 10.1. The zero-order valence-corrected chi connectivity index (χ0v) is 39.8. The molecule has 3 rings (SSSR count). The second kappa shape index (κ2) is 28.6. The van der Waals surface area contributed by atoms with Crippen molar-refractivity contribution >= 4 is 81.7 Å². The molecule has 0 unspecified atom stereocenters. The molecule has 0 saturated heterocycles. The van der Waals surface area contributed by atoms with Crippen molar-refractivity contribution in [1.29, 1.82) is 10.8 Å². The van der Waals surface area contributed by atoms with Crippen LogP contribution in [-0.2, 0) is 21.9 Å². The number of hydrogen-bond acceptors (Lipinski definition) is 14. The van der Waals surface area contributed by atoms with Crippen LogP contribution < -0.4 is 70.0 Å². The van der Waals surface area contributed by atoms with Gasteiger partial charge in [-0.1, -0.05) is 0 Å². The van der Waals surface area contributed by atoms with Crippen LogP contribution in [0.3, 0.4) is 0 Å². The number of carbonyl (C=O) groups excluding carboxylic acids is 4. The molecular weight excluding hydrogens is 973 g/mol. The summed E-state index contributed by atoms with van der Waals surface area (Å²) in [6.45, 7) is 1.67. The molecule has 0 aliphatic carbocycles. The number of nitrogens with one attached hydrogen (secondary N) is 8. The van der Waals surface area contributed by atoms with Crippen molar-refractivity contribution in [3.8, 4) is 11.5 Å². The zero-order valence-electron chi connectivity index (χ0n) is 38.2. The van der Waals surface area contributed by atoms with E-state index in [2.05, 4.69) is 31.9 Å². The van der Waals surface area contributed by atoms with E-state index in [0.29, 0.717) is 44.0 Å². The number of guanidine groups is 1. The van der Waals surface area contributed by atoms with Crippen LogP contribution in [0.5, 0.6) is 11.5 Å². The molecule has 3 aromatic carbocycles. The van der Waals surface area contributed by atoms with Crippen LogP contribution in [0.4, 0.5) is 49.1 Å². The van der Waals surface area contributed by atoms with E-state index in [1.807, 2.05) is 0 Å². The van der Waals surface area contributed by atoms with E-state index in [4.69, 9.17) is 49.0 Å². The molecule has 386 valence electrons. The van der Waals surface area contributed by atoms with Crippen molar-refractivity contribution in [3.63, 3.8) is 0 Å².